The third-order valence-corrected chi connectivity index (χ3v) is 3.67. The van der Waals surface area contributed by atoms with Gasteiger partial charge >= 0.3 is 0 Å². The molecule has 0 spiro atoms. The lowest BCUT2D eigenvalue weighted by atomic mass is 10.1. The Morgan fingerprint density at radius 1 is 1.08 bits per heavy atom. The highest BCUT2D eigenvalue weighted by Gasteiger charge is 2.14. The molecule has 2 rings (SSSR count). The van der Waals surface area contributed by atoms with E-state index in [4.69, 9.17) is 21.1 Å². The zero-order valence-electron chi connectivity index (χ0n) is 14.0. The number of hydrogen-bond acceptors (Lipinski definition) is 4. The van der Waals surface area contributed by atoms with Gasteiger partial charge in [0.15, 0.2) is 6.61 Å². The van der Waals surface area contributed by atoms with Crippen molar-refractivity contribution in [2.45, 2.75) is 13.3 Å². The molecule has 2 aromatic rings. The summed E-state index contributed by atoms with van der Waals surface area (Å²) in [5.74, 6) is -0.0332. The number of benzene rings is 2. The van der Waals surface area contributed by atoms with Crippen LogP contribution in [0.1, 0.15) is 22.8 Å². The number of halogens is 1. The van der Waals surface area contributed by atoms with Crippen molar-refractivity contribution in [2.75, 3.05) is 13.7 Å². The minimum absolute atomic E-state index is 0.215. The van der Waals surface area contributed by atoms with E-state index in [1.165, 1.54) is 13.2 Å². The largest absolute Gasteiger partial charge is 0.496 e. The molecule has 6 nitrogen and oxygen atoms in total. The van der Waals surface area contributed by atoms with Crippen molar-refractivity contribution >= 4 is 23.4 Å². The predicted molar refractivity (Wildman–Crippen MR) is 94.9 cm³/mol. The highest BCUT2D eigenvalue weighted by Crippen LogP contribution is 2.22. The Balaban J connectivity index is 1.89. The molecule has 0 aliphatic rings. The second-order valence-corrected chi connectivity index (χ2v) is 5.53. The topological polar surface area (TPSA) is 76.7 Å². The fraction of sp³-hybridized carbons (Fsp3) is 0.222. The van der Waals surface area contributed by atoms with E-state index in [2.05, 4.69) is 10.9 Å². The van der Waals surface area contributed by atoms with Crippen LogP contribution < -0.4 is 20.3 Å². The van der Waals surface area contributed by atoms with Crippen LogP contribution in [0.2, 0.25) is 5.02 Å². The molecular formula is C18H19ClN2O4. The monoisotopic (exact) mass is 362 g/mol. The molecular weight excluding hydrogens is 344 g/mol. The number of methoxy groups -OCH3 is 1. The summed E-state index contributed by atoms with van der Waals surface area (Å²) in [4.78, 5) is 24.0. The number of carbonyl (C=O) groups is 2. The van der Waals surface area contributed by atoms with Crippen LogP contribution in [0.3, 0.4) is 0 Å². The summed E-state index contributed by atoms with van der Waals surface area (Å²) in [5.41, 5.74) is 5.82. The molecule has 0 radical (unpaired) electrons. The smallest absolute Gasteiger partial charge is 0.276 e. The van der Waals surface area contributed by atoms with Gasteiger partial charge in [0, 0.05) is 5.02 Å². The average Bonchev–Trinajstić information content (AvgIpc) is 2.64. The highest BCUT2D eigenvalue weighted by atomic mass is 35.5. The van der Waals surface area contributed by atoms with Crippen molar-refractivity contribution in [2.24, 2.45) is 0 Å². The van der Waals surface area contributed by atoms with Crippen LogP contribution in [-0.4, -0.2) is 25.5 Å². The van der Waals surface area contributed by atoms with E-state index in [-0.39, 0.29) is 12.2 Å². The first-order valence-corrected chi connectivity index (χ1v) is 8.06. The summed E-state index contributed by atoms with van der Waals surface area (Å²) in [5, 5.41) is 0.386. The molecule has 2 aromatic carbocycles. The van der Waals surface area contributed by atoms with Gasteiger partial charge in [0.2, 0.25) is 0 Å². The maximum Gasteiger partial charge on any atom is 0.276 e. The third kappa shape index (κ3) is 5.12. The molecule has 25 heavy (non-hydrogen) atoms. The number of hydrogen-bond donors (Lipinski definition) is 2. The zero-order valence-corrected chi connectivity index (χ0v) is 14.7. The van der Waals surface area contributed by atoms with Crippen LogP contribution >= 0.6 is 11.6 Å². The van der Waals surface area contributed by atoms with Crippen molar-refractivity contribution in [3.8, 4) is 11.5 Å². The molecule has 0 heterocycles. The number of para-hydroxylation sites is 1. The summed E-state index contributed by atoms with van der Waals surface area (Å²) in [6.45, 7) is 1.78. The molecule has 0 aliphatic carbocycles. The molecule has 0 saturated heterocycles. The highest BCUT2D eigenvalue weighted by molar-refractivity contribution is 6.31. The second-order valence-electron chi connectivity index (χ2n) is 5.10. The Hall–Kier alpha value is -2.73. The molecule has 0 atom stereocenters. The van der Waals surface area contributed by atoms with Gasteiger partial charge in [0.1, 0.15) is 11.5 Å². The van der Waals surface area contributed by atoms with Crippen molar-refractivity contribution in [1.82, 2.24) is 10.9 Å². The lowest BCUT2D eigenvalue weighted by molar-refractivity contribution is -0.123. The van der Waals surface area contributed by atoms with Gasteiger partial charge in [-0.05, 0) is 36.2 Å². The molecule has 7 heteroatoms. The lowest BCUT2D eigenvalue weighted by Crippen LogP contribution is -2.44. The SMILES string of the molecule is CCc1ccccc1OCC(=O)NNC(=O)c1cc(Cl)ccc1OC. The van der Waals surface area contributed by atoms with E-state index in [9.17, 15) is 9.59 Å². The quantitative estimate of drug-likeness (QED) is 0.775. The van der Waals surface area contributed by atoms with E-state index in [1.54, 1.807) is 18.2 Å². The van der Waals surface area contributed by atoms with Crippen LogP contribution in [-0.2, 0) is 11.2 Å². The number of amides is 2. The summed E-state index contributed by atoms with van der Waals surface area (Å²) in [6, 6.07) is 12.1. The van der Waals surface area contributed by atoms with E-state index in [1.807, 2.05) is 25.1 Å². The van der Waals surface area contributed by atoms with Crippen LogP contribution in [0.5, 0.6) is 11.5 Å². The first kappa shape index (κ1) is 18.6. The number of rotatable bonds is 6. The Labute approximate surface area is 151 Å². The Bertz CT molecular complexity index is 764. The molecule has 132 valence electrons. The van der Waals surface area contributed by atoms with Gasteiger partial charge in [0.05, 0.1) is 12.7 Å². The number of ether oxygens (including phenoxy) is 2. The molecule has 2 amide bonds. The Kier molecular flexibility index (Phi) is 6.65. The number of nitrogens with one attached hydrogen (secondary N) is 2. The first-order valence-electron chi connectivity index (χ1n) is 7.68. The van der Waals surface area contributed by atoms with Gasteiger partial charge in [-0.3, -0.25) is 20.4 Å². The van der Waals surface area contributed by atoms with Gasteiger partial charge < -0.3 is 9.47 Å². The molecule has 2 N–H and O–H groups in total. The second kappa shape index (κ2) is 8.94. The van der Waals surface area contributed by atoms with Crippen LogP contribution in [0.25, 0.3) is 0 Å². The van der Waals surface area contributed by atoms with Gasteiger partial charge in [-0.2, -0.15) is 0 Å². The van der Waals surface area contributed by atoms with E-state index in [0.29, 0.717) is 16.5 Å². The number of carbonyl (C=O) groups excluding carboxylic acids is 2. The molecule has 0 aromatic heterocycles. The molecule has 0 saturated carbocycles. The normalized spacial score (nSPS) is 10.0. The lowest BCUT2D eigenvalue weighted by Gasteiger charge is -2.12. The minimum atomic E-state index is -0.540. The van der Waals surface area contributed by atoms with Crippen LogP contribution in [0, 0.1) is 0 Å². The van der Waals surface area contributed by atoms with E-state index in [0.717, 1.165) is 12.0 Å². The molecule has 0 fully saturated rings. The predicted octanol–water partition coefficient (Wildman–Crippen LogP) is 2.75. The Morgan fingerprint density at radius 3 is 2.56 bits per heavy atom. The van der Waals surface area contributed by atoms with Crippen molar-refractivity contribution in [3.05, 3.63) is 58.6 Å². The van der Waals surface area contributed by atoms with Gasteiger partial charge in [0.25, 0.3) is 11.8 Å². The summed E-state index contributed by atoms with van der Waals surface area (Å²) >= 11 is 5.88. The maximum atomic E-state index is 12.2. The average molecular weight is 363 g/mol. The minimum Gasteiger partial charge on any atom is -0.496 e. The van der Waals surface area contributed by atoms with Gasteiger partial charge in [-0.1, -0.05) is 36.7 Å². The van der Waals surface area contributed by atoms with E-state index < -0.39 is 11.8 Å². The van der Waals surface area contributed by atoms with Crippen LogP contribution in [0.4, 0.5) is 0 Å². The Morgan fingerprint density at radius 2 is 1.84 bits per heavy atom. The fourth-order valence-corrected chi connectivity index (χ4v) is 2.34. The number of hydrazine groups is 1. The van der Waals surface area contributed by atoms with E-state index >= 15 is 0 Å². The fourth-order valence-electron chi connectivity index (χ4n) is 2.17. The van der Waals surface area contributed by atoms with Gasteiger partial charge in [-0.15, -0.1) is 0 Å². The van der Waals surface area contributed by atoms with Gasteiger partial charge in [-0.25, -0.2) is 0 Å². The van der Waals surface area contributed by atoms with Crippen LogP contribution in [0.15, 0.2) is 42.5 Å². The number of aryl methyl sites for hydroxylation is 1. The summed E-state index contributed by atoms with van der Waals surface area (Å²) in [7, 11) is 1.44. The van der Waals surface area contributed by atoms with Crippen molar-refractivity contribution < 1.29 is 19.1 Å². The summed E-state index contributed by atoms with van der Waals surface area (Å²) < 4.78 is 10.6. The first-order chi connectivity index (χ1) is 12.0. The third-order valence-electron chi connectivity index (χ3n) is 3.43. The zero-order chi connectivity index (χ0) is 18.2. The van der Waals surface area contributed by atoms with Crippen molar-refractivity contribution in [3.63, 3.8) is 0 Å². The maximum absolute atomic E-state index is 12.2. The molecule has 0 unspecified atom stereocenters. The standard InChI is InChI=1S/C18H19ClN2O4/c1-3-12-6-4-5-7-15(12)25-11-17(22)20-21-18(23)14-10-13(19)8-9-16(14)24-2/h4-10H,3,11H2,1-2H3,(H,20,22)(H,21,23). The molecule has 0 bridgehead atoms. The molecule has 0 aliphatic heterocycles. The van der Waals surface area contributed by atoms with Crippen molar-refractivity contribution in [1.29, 1.82) is 0 Å². The summed E-state index contributed by atoms with van der Waals surface area (Å²) in [6.07, 6.45) is 0.795.